The molecule has 0 unspecified atom stereocenters. The fraction of sp³-hybridized carbons (Fsp3) is 0.917. The van der Waals surface area contributed by atoms with E-state index in [2.05, 4.69) is 41.5 Å². The fourth-order valence-corrected chi connectivity index (χ4v) is 12.0. The summed E-state index contributed by atoms with van der Waals surface area (Å²) >= 11 is 0. The molecule has 0 amide bonds. The Bertz CT molecular complexity index is 1170. The second-order valence-corrected chi connectivity index (χ2v) is 17.3. The minimum atomic E-state index is -0.922. The second-order valence-electron chi connectivity index (χ2n) is 17.3. The van der Waals surface area contributed by atoms with E-state index >= 15 is 0 Å². The largest absolute Gasteiger partial charge is 0.462 e. The van der Waals surface area contributed by atoms with E-state index in [1.165, 1.54) is 20.8 Å². The molecule has 4 aliphatic carbocycles. The first-order valence-corrected chi connectivity index (χ1v) is 17.0. The van der Waals surface area contributed by atoms with Gasteiger partial charge in [0.05, 0.1) is 17.3 Å². The van der Waals surface area contributed by atoms with Gasteiger partial charge in [0.2, 0.25) is 0 Å². The molecule has 1 saturated heterocycles. The van der Waals surface area contributed by atoms with Gasteiger partial charge in [-0.25, -0.2) is 0 Å². The highest BCUT2D eigenvalue weighted by molar-refractivity contribution is 5.67. The van der Waals surface area contributed by atoms with Crippen molar-refractivity contribution in [3.63, 3.8) is 0 Å². The third kappa shape index (κ3) is 4.94. The Labute approximate surface area is 264 Å². The van der Waals surface area contributed by atoms with Gasteiger partial charge in [0, 0.05) is 43.9 Å². The van der Waals surface area contributed by atoms with Crippen LogP contribution in [-0.2, 0) is 33.3 Å². The van der Waals surface area contributed by atoms with E-state index in [1.54, 1.807) is 0 Å². The van der Waals surface area contributed by atoms with E-state index in [-0.39, 0.29) is 76.1 Å². The van der Waals surface area contributed by atoms with Gasteiger partial charge in [0.1, 0.15) is 18.3 Å². The molecule has 0 aromatic rings. The molecule has 5 rings (SSSR count). The van der Waals surface area contributed by atoms with Crippen molar-refractivity contribution in [3.8, 4) is 0 Å². The zero-order valence-electron chi connectivity index (χ0n) is 29.1. The van der Waals surface area contributed by atoms with Gasteiger partial charge in [-0.1, -0.05) is 34.6 Å². The van der Waals surface area contributed by atoms with E-state index < -0.39 is 22.7 Å². The quantitative estimate of drug-likeness (QED) is 0.279. The molecule has 0 radical (unpaired) electrons. The molecular formula is C36H58O8. The zero-order valence-corrected chi connectivity index (χ0v) is 29.1. The molecule has 0 aromatic carbocycles. The maximum atomic E-state index is 12.8. The number of hydrogen-bond acceptors (Lipinski definition) is 8. The maximum absolute atomic E-state index is 12.8. The van der Waals surface area contributed by atoms with E-state index in [0.29, 0.717) is 12.8 Å². The summed E-state index contributed by atoms with van der Waals surface area (Å²) in [6.07, 6.45) is 5.41. The van der Waals surface area contributed by atoms with E-state index in [1.807, 2.05) is 13.8 Å². The number of carbonyl (C=O) groups is 3. The summed E-state index contributed by atoms with van der Waals surface area (Å²) < 4.78 is 25.2. The topological polar surface area (TPSA) is 108 Å². The Kier molecular flexibility index (Phi) is 8.18. The predicted molar refractivity (Wildman–Crippen MR) is 165 cm³/mol. The van der Waals surface area contributed by atoms with Gasteiger partial charge in [-0.2, -0.15) is 0 Å². The van der Waals surface area contributed by atoms with Crippen LogP contribution in [0.3, 0.4) is 0 Å². The number of rotatable bonds is 5. The molecule has 1 N–H and O–H groups in total. The van der Waals surface area contributed by atoms with Crippen LogP contribution in [0.1, 0.15) is 128 Å². The summed E-state index contributed by atoms with van der Waals surface area (Å²) in [7, 11) is 0. The molecule has 0 spiro atoms. The molecule has 1 heterocycles. The van der Waals surface area contributed by atoms with Crippen molar-refractivity contribution < 1.29 is 38.4 Å². The van der Waals surface area contributed by atoms with Crippen LogP contribution in [0, 0.1) is 45.3 Å². The van der Waals surface area contributed by atoms with Crippen molar-refractivity contribution in [2.24, 2.45) is 45.3 Å². The molecule has 4 saturated carbocycles. The van der Waals surface area contributed by atoms with Crippen LogP contribution < -0.4 is 0 Å². The number of fused-ring (bicyclic) bond motifs is 5. The highest BCUT2D eigenvalue weighted by Crippen LogP contribution is 2.76. The summed E-state index contributed by atoms with van der Waals surface area (Å²) in [5.41, 5.74) is -2.34. The lowest BCUT2D eigenvalue weighted by Gasteiger charge is -2.71. The lowest BCUT2D eigenvalue weighted by atomic mass is 9.34. The Hall–Kier alpha value is -1.67. The van der Waals surface area contributed by atoms with Crippen LogP contribution in [0.2, 0.25) is 0 Å². The number of esters is 3. The second kappa shape index (κ2) is 10.7. The van der Waals surface area contributed by atoms with Crippen LogP contribution >= 0.6 is 0 Å². The number of ether oxygens (including phenoxy) is 4. The highest BCUT2D eigenvalue weighted by atomic mass is 16.6. The van der Waals surface area contributed by atoms with Crippen molar-refractivity contribution in [2.45, 2.75) is 163 Å². The monoisotopic (exact) mass is 618 g/mol. The Morgan fingerprint density at radius 3 is 1.84 bits per heavy atom. The Morgan fingerprint density at radius 2 is 1.30 bits per heavy atom. The minimum Gasteiger partial charge on any atom is -0.462 e. The minimum absolute atomic E-state index is 0.107. The average molecular weight is 619 g/mol. The Morgan fingerprint density at radius 1 is 0.727 bits per heavy atom. The third-order valence-electron chi connectivity index (χ3n) is 14.2. The van der Waals surface area contributed by atoms with Crippen LogP contribution in [0.5, 0.6) is 0 Å². The van der Waals surface area contributed by atoms with Crippen LogP contribution in [0.15, 0.2) is 0 Å². The van der Waals surface area contributed by atoms with Crippen LogP contribution in [0.4, 0.5) is 0 Å². The first-order valence-electron chi connectivity index (χ1n) is 17.0. The number of hydrogen-bond donors (Lipinski definition) is 1. The van der Waals surface area contributed by atoms with E-state index in [4.69, 9.17) is 18.9 Å². The summed E-state index contributed by atoms with van der Waals surface area (Å²) in [5, 5.41) is 10.8. The van der Waals surface area contributed by atoms with Crippen molar-refractivity contribution in [2.75, 3.05) is 0 Å². The summed E-state index contributed by atoms with van der Waals surface area (Å²) in [5.74, 6) is -0.373. The normalized spacial score (nSPS) is 48.0. The highest BCUT2D eigenvalue weighted by Gasteiger charge is 2.74. The van der Waals surface area contributed by atoms with Crippen LogP contribution in [0.25, 0.3) is 0 Å². The molecule has 0 aromatic heterocycles. The van der Waals surface area contributed by atoms with Gasteiger partial charge in [0.25, 0.3) is 0 Å². The van der Waals surface area contributed by atoms with Crippen molar-refractivity contribution >= 4 is 17.9 Å². The summed E-state index contributed by atoms with van der Waals surface area (Å²) in [6, 6.07) is 0. The molecule has 250 valence electrons. The first-order chi connectivity index (χ1) is 20.1. The zero-order chi connectivity index (χ0) is 32.8. The van der Waals surface area contributed by atoms with Crippen LogP contribution in [-0.4, -0.2) is 58.6 Å². The SMILES string of the molecule is CC(=O)O[C@@H]1C[C@@H]2[C@@]3(C)[C@H](OC(C)=O)C[C@@H](OC(C)=O)C(C)(C)[C@@H]3CC[C@@]2(C)[C@]2(C)CC[C@H]([C@]3(C)CC[C@H](C(C)(C)O)O3)[C@@H]12. The predicted octanol–water partition coefficient (Wildman–Crippen LogP) is 6.40. The lowest BCUT2D eigenvalue weighted by molar-refractivity contribution is -0.281. The molecular weight excluding hydrogens is 560 g/mol. The summed E-state index contributed by atoms with van der Waals surface area (Å²) in [6.45, 7) is 21.9. The Balaban J connectivity index is 1.59. The average Bonchev–Trinajstić information content (AvgIpc) is 3.45. The van der Waals surface area contributed by atoms with Gasteiger partial charge < -0.3 is 24.1 Å². The van der Waals surface area contributed by atoms with Crippen molar-refractivity contribution in [1.29, 1.82) is 0 Å². The number of carbonyl (C=O) groups excluding carboxylic acids is 3. The molecule has 8 nitrogen and oxygen atoms in total. The lowest BCUT2D eigenvalue weighted by Crippen LogP contribution is -2.70. The van der Waals surface area contributed by atoms with Gasteiger partial charge in [-0.15, -0.1) is 0 Å². The van der Waals surface area contributed by atoms with Gasteiger partial charge >= 0.3 is 17.9 Å². The molecule has 1 aliphatic heterocycles. The molecule has 5 fully saturated rings. The van der Waals surface area contributed by atoms with Gasteiger partial charge in [-0.3, -0.25) is 14.4 Å². The fourth-order valence-electron chi connectivity index (χ4n) is 12.0. The first kappa shape index (κ1) is 33.7. The van der Waals surface area contributed by atoms with Crippen molar-refractivity contribution in [3.05, 3.63) is 0 Å². The molecule has 0 bridgehead atoms. The molecule has 8 heteroatoms. The van der Waals surface area contributed by atoms with Gasteiger partial charge in [0.15, 0.2) is 0 Å². The smallest absolute Gasteiger partial charge is 0.302 e. The standard InChI is InChI=1S/C36H58O8/c1-20(37)41-24-18-26-33(8,34(9)15-12-23(30(24)34)35(10)17-14-27(44-35)32(6,7)40)16-13-25-31(4,5)28(42-21(2)38)19-29(36(25,26)11)43-22(3)39/h23-30,40H,12-19H2,1-11H3/t23-,24+,25-,26-,27+,28+,29+,30-,33+,34+,35-,36-/m0/s1. The molecule has 12 atom stereocenters. The molecule has 44 heavy (non-hydrogen) atoms. The summed E-state index contributed by atoms with van der Waals surface area (Å²) in [4.78, 5) is 37.6. The van der Waals surface area contributed by atoms with Crippen molar-refractivity contribution in [1.82, 2.24) is 0 Å². The third-order valence-corrected chi connectivity index (χ3v) is 14.2. The van der Waals surface area contributed by atoms with Gasteiger partial charge in [-0.05, 0) is 94.3 Å². The molecule has 5 aliphatic rings. The maximum Gasteiger partial charge on any atom is 0.302 e. The van der Waals surface area contributed by atoms with E-state index in [9.17, 15) is 19.5 Å². The number of aliphatic hydroxyl groups is 1. The van der Waals surface area contributed by atoms with E-state index in [0.717, 1.165) is 38.5 Å².